The third kappa shape index (κ3) is 5.29. The lowest BCUT2D eigenvalue weighted by molar-refractivity contribution is -0.117. The summed E-state index contributed by atoms with van der Waals surface area (Å²) >= 11 is 0. The summed E-state index contributed by atoms with van der Waals surface area (Å²) in [4.78, 5) is 30.3. The van der Waals surface area contributed by atoms with Crippen molar-refractivity contribution in [3.63, 3.8) is 0 Å². The molecule has 1 amide bonds. The summed E-state index contributed by atoms with van der Waals surface area (Å²) < 4.78 is 2.28. The second-order valence-electron chi connectivity index (χ2n) is 7.99. The molecule has 0 unspecified atom stereocenters. The van der Waals surface area contributed by atoms with Gasteiger partial charge in [-0.05, 0) is 63.0 Å². The molecule has 1 saturated heterocycles. The van der Waals surface area contributed by atoms with Gasteiger partial charge in [0, 0.05) is 36.1 Å². The number of anilines is 1. The predicted molar refractivity (Wildman–Crippen MR) is 111 cm³/mol. The van der Waals surface area contributed by atoms with Crippen molar-refractivity contribution >= 4 is 17.4 Å². The van der Waals surface area contributed by atoms with Gasteiger partial charge in [-0.25, -0.2) is 4.98 Å². The van der Waals surface area contributed by atoms with E-state index in [2.05, 4.69) is 39.8 Å². The van der Waals surface area contributed by atoms with Crippen LogP contribution >= 0.6 is 0 Å². The van der Waals surface area contributed by atoms with Gasteiger partial charge in [-0.15, -0.1) is 0 Å². The minimum absolute atomic E-state index is 0.00858. The van der Waals surface area contributed by atoms with Crippen LogP contribution in [0.3, 0.4) is 0 Å². The number of piperidine rings is 1. The molecule has 1 aliphatic heterocycles. The maximum atomic E-state index is 12.3. The number of carbonyl (C=O) groups excluding carboxylic acids is 2. The van der Waals surface area contributed by atoms with Gasteiger partial charge in [0.1, 0.15) is 5.82 Å². The first-order valence-corrected chi connectivity index (χ1v) is 10.1. The highest BCUT2D eigenvalue weighted by molar-refractivity contribution is 5.96. The van der Waals surface area contributed by atoms with Crippen molar-refractivity contribution < 1.29 is 9.59 Å². The average molecular weight is 383 g/mol. The first kappa shape index (κ1) is 20.3. The smallest absolute Gasteiger partial charge is 0.238 e. The van der Waals surface area contributed by atoms with E-state index in [0.717, 1.165) is 44.0 Å². The first-order valence-electron chi connectivity index (χ1n) is 10.1. The maximum Gasteiger partial charge on any atom is 0.238 e. The highest BCUT2D eigenvalue weighted by Gasteiger charge is 2.22. The molecule has 0 spiro atoms. The number of likely N-dealkylation sites (tertiary alicyclic amines) is 1. The van der Waals surface area contributed by atoms with E-state index in [9.17, 15) is 9.59 Å². The van der Waals surface area contributed by atoms with E-state index in [0.29, 0.717) is 23.9 Å². The van der Waals surface area contributed by atoms with Crippen molar-refractivity contribution in [2.75, 3.05) is 25.0 Å². The van der Waals surface area contributed by atoms with Crippen molar-refractivity contribution in [3.05, 3.63) is 48.0 Å². The van der Waals surface area contributed by atoms with Crippen LogP contribution in [-0.4, -0.2) is 45.8 Å². The van der Waals surface area contributed by atoms with Crippen LogP contribution in [-0.2, 0) is 11.3 Å². The van der Waals surface area contributed by atoms with Crippen LogP contribution in [0.1, 0.15) is 55.7 Å². The van der Waals surface area contributed by atoms with Crippen molar-refractivity contribution in [2.24, 2.45) is 5.92 Å². The fourth-order valence-corrected chi connectivity index (χ4v) is 3.77. The number of aromatic nitrogens is 2. The van der Waals surface area contributed by atoms with Gasteiger partial charge in [-0.2, -0.15) is 0 Å². The number of hydrogen-bond donors (Lipinski definition) is 1. The van der Waals surface area contributed by atoms with Gasteiger partial charge < -0.3 is 9.88 Å². The van der Waals surface area contributed by atoms with Gasteiger partial charge in [0.25, 0.3) is 0 Å². The first-order chi connectivity index (χ1) is 13.4. The summed E-state index contributed by atoms with van der Waals surface area (Å²) in [6, 6.07) is 7.03. The number of carbonyl (C=O) groups is 2. The molecule has 0 radical (unpaired) electrons. The zero-order chi connectivity index (χ0) is 20.1. The molecule has 0 aliphatic carbocycles. The van der Waals surface area contributed by atoms with E-state index in [1.807, 2.05) is 6.20 Å². The summed E-state index contributed by atoms with van der Waals surface area (Å²) in [7, 11) is 0. The van der Waals surface area contributed by atoms with E-state index in [1.165, 1.54) is 6.92 Å². The van der Waals surface area contributed by atoms with Crippen LogP contribution in [0.25, 0.3) is 0 Å². The van der Waals surface area contributed by atoms with Crippen molar-refractivity contribution in [3.8, 4) is 0 Å². The molecule has 28 heavy (non-hydrogen) atoms. The maximum absolute atomic E-state index is 12.3. The minimum atomic E-state index is -0.00858. The Morgan fingerprint density at radius 3 is 2.46 bits per heavy atom. The third-order valence-electron chi connectivity index (χ3n) is 5.37. The number of amides is 1. The molecule has 150 valence electrons. The Labute approximate surface area is 166 Å². The van der Waals surface area contributed by atoms with Gasteiger partial charge in [0.05, 0.1) is 6.54 Å². The number of nitrogens with one attached hydrogen (secondary N) is 1. The molecule has 6 nitrogen and oxygen atoms in total. The second kappa shape index (κ2) is 9.15. The molecule has 3 rings (SSSR count). The molecule has 0 bridgehead atoms. The zero-order valence-corrected chi connectivity index (χ0v) is 17.0. The number of Topliss-reactive ketones (excluding diaryl/α,β-unsaturated/α-hetero) is 1. The van der Waals surface area contributed by atoms with E-state index in [4.69, 9.17) is 0 Å². The lowest BCUT2D eigenvalue weighted by atomic mass is 9.96. The van der Waals surface area contributed by atoms with Crippen LogP contribution in [0.5, 0.6) is 0 Å². The fourth-order valence-electron chi connectivity index (χ4n) is 3.77. The van der Waals surface area contributed by atoms with Crippen LogP contribution in [0.2, 0.25) is 0 Å². The fraction of sp³-hybridized carbons (Fsp3) is 0.500. The summed E-state index contributed by atoms with van der Waals surface area (Å²) in [6.45, 7) is 9.18. The molecule has 0 saturated carbocycles. The largest absolute Gasteiger partial charge is 0.334 e. The Hall–Kier alpha value is -2.47. The highest BCUT2D eigenvalue weighted by atomic mass is 16.2. The number of rotatable bonds is 7. The minimum Gasteiger partial charge on any atom is -0.334 e. The van der Waals surface area contributed by atoms with E-state index < -0.39 is 0 Å². The topological polar surface area (TPSA) is 67.2 Å². The van der Waals surface area contributed by atoms with Crippen LogP contribution in [0, 0.1) is 5.92 Å². The van der Waals surface area contributed by atoms with Gasteiger partial charge in [0.2, 0.25) is 5.91 Å². The molecular weight excluding hydrogens is 352 g/mol. The number of ketones is 1. The molecule has 2 aromatic rings. The quantitative estimate of drug-likeness (QED) is 0.744. The van der Waals surface area contributed by atoms with Gasteiger partial charge >= 0.3 is 0 Å². The third-order valence-corrected chi connectivity index (χ3v) is 5.37. The molecule has 1 aliphatic rings. The second-order valence-corrected chi connectivity index (χ2v) is 7.99. The molecule has 6 heteroatoms. The van der Waals surface area contributed by atoms with E-state index in [1.54, 1.807) is 24.3 Å². The molecular formula is C22H30N4O2. The van der Waals surface area contributed by atoms with Crippen LogP contribution in [0.15, 0.2) is 36.7 Å². The molecule has 1 fully saturated rings. The van der Waals surface area contributed by atoms with Crippen molar-refractivity contribution in [1.29, 1.82) is 0 Å². The van der Waals surface area contributed by atoms with Gasteiger partial charge in [0.15, 0.2) is 5.78 Å². The lowest BCUT2D eigenvalue weighted by Gasteiger charge is -2.32. The Kier molecular flexibility index (Phi) is 6.62. The summed E-state index contributed by atoms with van der Waals surface area (Å²) in [6.07, 6.45) is 6.15. The summed E-state index contributed by atoms with van der Waals surface area (Å²) in [5.41, 5.74) is 1.38. The Balaban J connectivity index is 1.44. The number of nitrogens with zero attached hydrogens (tertiary/aromatic N) is 3. The number of benzene rings is 1. The molecule has 0 atom stereocenters. The predicted octanol–water partition coefficient (Wildman–Crippen LogP) is 3.56. The average Bonchev–Trinajstić information content (AvgIpc) is 3.12. The van der Waals surface area contributed by atoms with Gasteiger partial charge in [-0.3, -0.25) is 14.5 Å². The van der Waals surface area contributed by atoms with Crippen molar-refractivity contribution in [1.82, 2.24) is 14.5 Å². The molecule has 1 aromatic heterocycles. The van der Waals surface area contributed by atoms with Crippen LogP contribution < -0.4 is 5.32 Å². The number of hydrogen-bond acceptors (Lipinski definition) is 4. The highest BCUT2D eigenvalue weighted by Crippen LogP contribution is 2.21. The van der Waals surface area contributed by atoms with Crippen LogP contribution in [0.4, 0.5) is 5.69 Å². The van der Waals surface area contributed by atoms with E-state index >= 15 is 0 Å². The molecule has 2 heterocycles. The lowest BCUT2D eigenvalue weighted by Crippen LogP contribution is -2.40. The summed E-state index contributed by atoms with van der Waals surface area (Å²) in [5.74, 6) is 2.23. The van der Waals surface area contributed by atoms with Crippen molar-refractivity contribution in [2.45, 2.75) is 46.1 Å². The molecule has 1 N–H and O–H groups in total. The number of imidazole rings is 1. The Morgan fingerprint density at radius 2 is 1.86 bits per heavy atom. The Bertz CT molecular complexity index is 802. The standard InChI is InChI=1S/C22H30N4O2/c1-16(2)22-23-10-13-26(22)14-18-8-11-25(12-9-18)15-21(28)24-20-6-4-19(5-7-20)17(3)27/h4-7,10,13,16,18H,8-9,11-12,14-15H2,1-3H3,(H,24,28). The van der Waals surface area contributed by atoms with Gasteiger partial charge in [-0.1, -0.05) is 13.8 Å². The SMILES string of the molecule is CC(=O)c1ccc(NC(=O)CN2CCC(Cn3ccnc3C(C)C)CC2)cc1. The Morgan fingerprint density at radius 1 is 1.18 bits per heavy atom. The van der Waals surface area contributed by atoms with E-state index in [-0.39, 0.29) is 11.7 Å². The molecule has 1 aromatic carbocycles. The monoisotopic (exact) mass is 382 g/mol. The normalized spacial score (nSPS) is 15.7. The zero-order valence-electron chi connectivity index (χ0n) is 17.0. The summed E-state index contributed by atoms with van der Waals surface area (Å²) in [5, 5.41) is 2.92.